The van der Waals surface area contributed by atoms with Crippen LogP contribution in [-0.2, 0) is 0 Å². The molecule has 1 unspecified atom stereocenters. The van der Waals surface area contributed by atoms with E-state index < -0.39 is 12.0 Å². The van der Waals surface area contributed by atoms with Gasteiger partial charge in [0.15, 0.2) is 0 Å². The summed E-state index contributed by atoms with van der Waals surface area (Å²) >= 11 is 6.05. The lowest BCUT2D eigenvalue weighted by molar-refractivity contribution is 0.0983. The number of aromatic nitrogens is 3. The van der Waals surface area contributed by atoms with E-state index in [1.165, 1.54) is 10.9 Å². The Balaban J connectivity index is 1.48. The molecule has 28 heavy (non-hydrogen) atoms. The summed E-state index contributed by atoms with van der Waals surface area (Å²) in [4.78, 5) is 4.10. The molecule has 0 bridgehead atoms. The van der Waals surface area contributed by atoms with Crippen molar-refractivity contribution in [2.45, 2.75) is 50.1 Å². The summed E-state index contributed by atoms with van der Waals surface area (Å²) in [7, 11) is 0. The highest BCUT2D eigenvalue weighted by molar-refractivity contribution is 6.29. The van der Waals surface area contributed by atoms with Crippen LogP contribution in [-0.4, -0.2) is 38.4 Å². The molecule has 0 spiro atoms. The van der Waals surface area contributed by atoms with Crippen molar-refractivity contribution in [3.63, 3.8) is 0 Å². The summed E-state index contributed by atoms with van der Waals surface area (Å²) in [5.74, 6) is 3.73. The van der Waals surface area contributed by atoms with Crippen LogP contribution < -0.4 is 5.32 Å². The second-order valence-electron chi connectivity index (χ2n) is 7.54. The summed E-state index contributed by atoms with van der Waals surface area (Å²) in [5.41, 5.74) is 2.08. The number of nitrogens with zero attached hydrogens (tertiary/aromatic N) is 3. The molecule has 4 rings (SSSR count). The van der Waals surface area contributed by atoms with Crippen molar-refractivity contribution in [1.82, 2.24) is 14.8 Å². The molecular formula is C20H21ClF2N4O. The smallest absolute Gasteiger partial charge is 0.272 e. The molecule has 2 fully saturated rings. The SMILES string of the molecule is OCC1CCC(Nc2cc(Cl)ncc2C#Cc2cnn(C3CC3(F)F)c2)CC1. The molecule has 2 aromatic rings. The Kier molecular flexibility index (Phi) is 5.26. The zero-order chi connectivity index (χ0) is 19.7. The van der Waals surface area contributed by atoms with Crippen LogP contribution >= 0.6 is 11.6 Å². The molecule has 5 nitrogen and oxygen atoms in total. The second kappa shape index (κ2) is 7.69. The highest BCUT2D eigenvalue weighted by Crippen LogP contribution is 2.52. The molecule has 0 aromatic carbocycles. The molecule has 2 heterocycles. The van der Waals surface area contributed by atoms with E-state index in [-0.39, 0.29) is 13.0 Å². The fourth-order valence-corrected chi connectivity index (χ4v) is 3.71. The molecule has 1 atom stereocenters. The maximum Gasteiger partial charge on any atom is 0.272 e. The van der Waals surface area contributed by atoms with Crippen molar-refractivity contribution in [3.8, 4) is 11.8 Å². The van der Waals surface area contributed by atoms with Gasteiger partial charge >= 0.3 is 0 Å². The molecule has 0 aliphatic heterocycles. The minimum atomic E-state index is -2.66. The molecule has 0 radical (unpaired) electrons. The van der Waals surface area contributed by atoms with Crippen molar-refractivity contribution < 1.29 is 13.9 Å². The quantitative estimate of drug-likeness (QED) is 0.597. The van der Waals surface area contributed by atoms with E-state index in [2.05, 4.69) is 27.2 Å². The molecule has 8 heteroatoms. The van der Waals surface area contributed by atoms with E-state index in [0.29, 0.717) is 28.2 Å². The maximum atomic E-state index is 13.2. The third-order valence-corrected chi connectivity index (χ3v) is 5.60. The number of aliphatic hydroxyl groups excluding tert-OH is 1. The van der Waals surface area contributed by atoms with Gasteiger partial charge in [0, 0.05) is 31.5 Å². The number of halogens is 3. The average molecular weight is 407 g/mol. The van der Waals surface area contributed by atoms with Crippen LogP contribution in [0.3, 0.4) is 0 Å². The van der Waals surface area contributed by atoms with E-state index in [1.807, 2.05) is 0 Å². The Bertz CT molecular complexity index is 912. The number of nitrogens with one attached hydrogen (secondary N) is 1. The van der Waals surface area contributed by atoms with Crippen LogP contribution in [0.4, 0.5) is 14.5 Å². The van der Waals surface area contributed by atoms with E-state index in [0.717, 1.165) is 31.4 Å². The van der Waals surface area contributed by atoms with Gasteiger partial charge in [-0.1, -0.05) is 23.4 Å². The molecule has 2 N–H and O–H groups in total. The number of hydrogen-bond acceptors (Lipinski definition) is 4. The van der Waals surface area contributed by atoms with Gasteiger partial charge in [-0.3, -0.25) is 4.68 Å². The summed E-state index contributed by atoms with van der Waals surface area (Å²) < 4.78 is 27.6. The number of alkyl halides is 2. The molecule has 148 valence electrons. The van der Waals surface area contributed by atoms with Gasteiger partial charge in [-0.2, -0.15) is 5.10 Å². The van der Waals surface area contributed by atoms with Gasteiger partial charge in [0.2, 0.25) is 0 Å². The Morgan fingerprint density at radius 1 is 1.25 bits per heavy atom. The zero-order valence-corrected chi connectivity index (χ0v) is 16.0. The van der Waals surface area contributed by atoms with E-state index in [9.17, 15) is 13.9 Å². The van der Waals surface area contributed by atoms with E-state index in [1.54, 1.807) is 18.5 Å². The van der Waals surface area contributed by atoms with Crippen molar-refractivity contribution in [3.05, 3.63) is 40.9 Å². The first-order chi connectivity index (χ1) is 13.4. The van der Waals surface area contributed by atoms with Gasteiger partial charge in [0.1, 0.15) is 11.2 Å². The summed E-state index contributed by atoms with van der Waals surface area (Å²) in [6, 6.07) is 1.19. The van der Waals surface area contributed by atoms with Crippen molar-refractivity contribution >= 4 is 17.3 Å². The molecule has 2 aliphatic carbocycles. The van der Waals surface area contributed by atoms with Crippen molar-refractivity contribution in [1.29, 1.82) is 0 Å². The Morgan fingerprint density at radius 2 is 2.00 bits per heavy atom. The van der Waals surface area contributed by atoms with Gasteiger partial charge in [-0.25, -0.2) is 13.8 Å². The normalized spacial score (nSPS) is 25.6. The van der Waals surface area contributed by atoms with E-state index >= 15 is 0 Å². The lowest BCUT2D eigenvalue weighted by Crippen LogP contribution is -2.27. The van der Waals surface area contributed by atoms with Crippen LogP contribution in [0.5, 0.6) is 0 Å². The first-order valence-electron chi connectivity index (χ1n) is 9.41. The van der Waals surface area contributed by atoms with Crippen LogP contribution in [0.25, 0.3) is 0 Å². The largest absolute Gasteiger partial charge is 0.396 e. The highest BCUT2D eigenvalue weighted by Gasteiger charge is 2.59. The number of hydrogen-bond donors (Lipinski definition) is 2. The molecular weight excluding hydrogens is 386 g/mol. The zero-order valence-electron chi connectivity index (χ0n) is 15.2. The van der Waals surface area contributed by atoms with Crippen LogP contribution in [0.15, 0.2) is 24.7 Å². The predicted molar refractivity (Wildman–Crippen MR) is 103 cm³/mol. The number of aliphatic hydroxyl groups is 1. The topological polar surface area (TPSA) is 63.0 Å². The van der Waals surface area contributed by atoms with Gasteiger partial charge in [0.05, 0.1) is 23.0 Å². The maximum absolute atomic E-state index is 13.2. The number of anilines is 1. The van der Waals surface area contributed by atoms with Crippen molar-refractivity contribution in [2.24, 2.45) is 5.92 Å². The molecule has 0 saturated heterocycles. The minimum Gasteiger partial charge on any atom is -0.396 e. The fraction of sp³-hybridized carbons (Fsp3) is 0.500. The molecule has 0 amide bonds. The van der Waals surface area contributed by atoms with Crippen LogP contribution in [0.1, 0.15) is 49.3 Å². The lowest BCUT2D eigenvalue weighted by Gasteiger charge is -2.29. The minimum absolute atomic E-state index is 0.171. The average Bonchev–Trinajstić information content (AvgIpc) is 3.10. The second-order valence-corrected chi connectivity index (χ2v) is 7.92. The third kappa shape index (κ3) is 4.29. The summed E-state index contributed by atoms with van der Waals surface area (Å²) in [6.07, 6.45) is 8.39. The van der Waals surface area contributed by atoms with Crippen LogP contribution in [0, 0.1) is 17.8 Å². The fourth-order valence-electron chi connectivity index (χ4n) is 3.56. The van der Waals surface area contributed by atoms with Gasteiger partial charge in [-0.05, 0) is 37.7 Å². The summed E-state index contributed by atoms with van der Waals surface area (Å²) in [6.45, 7) is 0.241. The monoisotopic (exact) mass is 406 g/mol. The van der Waals surface area contributed by atoms with Gasteiger partial charge in [0.25, 0.3) is 5.92 Å². The van der Waals surface area contributed by atoms with Crippen LogP contribution in [0.2, 0.25) is 5.15 Å². The van der Waals surface area contributed by atoms with E-state index in [4.69, 9.17) is 11.6 Å². The van der Waals surface area contributed by atoms with Gasteiger partial charge < -0.3 is 10.4 Å². The third-order valence-electron chi connectivity index (χ3n) is 5.39. The van der Waals surface area contributed by atoms with Gasteiger partial charge in [-0.15, -0.1) is 0 Å². The number of pyridine rings is 1. The molecule has 2 aliphatic rings. The molecule has 2 aromatic heterocycles. The first kappa shape index (κ1) is 19.2. The number of rotatable bonds is 4. The highest BCUT2D eigenvalue weighted by atomic mass is 35.5. The summed E-state index contributed by atoms with van der Waals surface area (Å²) in [5, 5.41) is 17.1. The Morgan fingerprint density at radius 3 is 2.68 bits per heavy atom. The van der Waals surface area contributed by atoms with Crippen molar-refractivity contribution in [2.75, 3.05) is 11.9 Å². The predicted octanol–water partition coefficient (Wildman–Crippen LogP) is 3.87. The lowest BCUT2D eigenvalue weighted by atomic mass is 9.86. The standard InChI is InChI=1S/C20H21ClF2N4O/c21-19-7-17(26-16-5-2-13(12-28)3-6-16)15(10-24-19)4-1-14-9-25-27(11-14)18-8-20(18,22)23/h7,9-11,13,16,18,28H,2-3,5-6,8,12H2,(H,24,26). The first-order valence-corrected chi connectivity index (χ1v) is 9.79. The molecule has 2 saturated carbocycles. The Hall–Kier alpha value is -2.17. The Labute approximate surface area is 167 Å².